The van der Waals surface area contributed by atoms with Crippen LogP contribution in [-0.4, -0.2) is 35.6 Å². The van der Waals surface area contributed by atoms with Crippen molar-refractivity contribution < 1.29 is 22.8 Å². The Morgan fingerprint density at radius 3 is 2.04 bits per heavy atom. The smallest absolute Gasteiger partial charge is 0.370 e. The van der Waals surface area contributed by atoms with Crippen molar-refractivity contribution in [3.05, 3.63) is 0 Å². The van der Waals surface area contributed by atoms with Gasteiger partial charge in [0.05, 0.1) is 6.04 Å². The molecule has 0 bridgehead atoms. The Morgan fingerprint density at radius 2 is 1.60 bits per heavy atom. The summed E-state index contributed by atoms with van der Waals surface area (Å²) in [4.78, 5) is 23.2. The summed E-state index contributed by atoms with van der Waals surface area (Å²) in [6.45, 7) is 6.83. The Kier molecular flexibility index (Phi) is 10.1. The molecule has 2 unspecified atom stereocenters. The third-order valence-corrected chi connectivity index (χ3v) is 3.62. The van der Waals surface area contributed by atoms with Crippen LogP contribution in [0.5, 0.6) is 0 Å². The summed E-state index contributed by atoms with van der Waals surface area (Å²) in [6, 6.07) is -3.48. The summed E-state index contributed by atoms with van der Waals surface area (Å²) in [6.07, 6.45) is -0.472. The molecule has 5 nitrogen and oxygen atoms in total. The standard InChI is InChI=1S/C17H32F3N3O2/c1-5-6-7-8-9-10-14(25)22-12(11-13(21)24)15(17(18,19)20)23-16(2,3)4/h12,15,23H,5-11H2,1-4H3,(H2,21,24)(H,22,25). The van der Waals surface area contributed by atoms with E-state index in [9.17, 15) is 22.8 Å². The number of hydrogen-bond acceptors (Lipinski definition) is 3. The van der Waals surface area contributed by atoms with Crippen LogP contribution >= 0.6 is 0 Å². The van der Waals surface area contributed by atoms with Crippen molar-refractivity contribution in [1.82, 2.24) is 10.6 Å². The average molecular weight is 367 g/mol. The first-order valence-electron chi connectivity index (χ1n) is 8.79. The number of carbonyl (C=O) groups excluding carboxylic acids is 2. The highest BCUT2D eigenvalue weighted by atomic mass is 19.4. The quantitative estimate of drug-likeness (QED) is 0.491. The van der Waals surface area contributed by atoms with E-state index in [-0.39, 0.29) is 6.42 Å². The van der Waals surface area contributed by atoms with Gasteiger partial charge in [0.15, 0.2) is 0 Å². The zero-order valence-corrected chi connectivity index (χ0v) is 15.6. The molecule has 0 spiro atoms. The highest BCUT2D eigenvalue weighted by Crippen LogP contribution is 2.26. The fraction of sp³-hybridized carbons (Fsp3) is 0.882. The van der Waals surface area contributed by atoms with Gasteiger partial charge in [0, 0.05) is 18.4 Å². The lowest BCUT2D eigenvalue weighted by atomic mass is 9.98. The first-order valence-corrected chi connectivity index (χ1v) is 8.79. The second kappa shape index (κ2) is 10.6. The molecule has 0 saturated heterocycles. The first kappa shape index (κ1) is 23.7. The molecule has 148 valence electrons. The van der Waals surface area contributed by atoms with E-state index < -0.39 is 42.0 Å². The molecule has 0 aromatic heterocycles. The summed E-state index contributed by atoms with van der Waals surface area (Å²) < 4.78 is 40.3. The Hall–Kier alpha value is -1.31. The second-order valence-corrected chi connectivity index (χ2v) is 7.42. The monoisotopic (exact) mass is 367 g/mol. The molecule has 0 aromatic rings. The Bertz CT molecular complexity index is 420. The molecule has 0 rings (SSSR count). The molecule has 0 radical (unpaired) electrons. The van der Waals surface area contributed by atoms with Gasteiger partial charge in [0.25, 0.3) is 0 Å². The van der Waals surface area contributed by atoms with Crippen molar-refractivity contribution >= 4 is 11.8 Å². The van der Waals surface area contributed by atoms with Crippen LogP contribution in [0.3, 0.4) is 0 Å². The van der Waals surface area contributed by atoms with E-state index in [1.54, 1.807) is 20.8 Å². The van der Waals surface area contributed by atoms with Crippen LogP contribution in [0.15, 0.2) is 0 Å². The predicted octanol–water partition coefficient (Wildman–Crippen LogP) is 3.03. The molecule has 25 heavy (non-hydrogen) atoms. The van der Waals surface area contributed by atoms with Crippen molar-refractivity contribution in [3.8, 4) is 0 Å². The zero-order chi connectivity index (χ0) is 19.7. The van der Waals surface area contributed by atoms with E-state index in [4.69, 9.17) is 5.73 Å². The predicted molar refractivity (Wildman–Crippen MR) is 91.8 cm³/mol. The molecule has 2 atom stereocenters. The normalized spacial score (nSPS) is 14.8. The number of rotatable bonds is 11. The lowest BCUT2D eigenvalue weighted by molar-refractivity contribution is -0.168. The maximum Gasteiger partial charge on any atom is 0.405 e. The van der Waals surface area contributed by atoms with E-state index in [1.165, 1.54) is 0 Å². The van der Waals surface area contributed by atoms with Crippen LogP contribution < -0.4 is 16.4 Å². The third kappa shape index (κ3) is 11.8. The van der Waals surface area contributed by atoms with Crippen molar-refractivity contribution in [2.24, 2.45) is 5.73 Å². The lowest BCUT2D eigenvalue weighted by Crippen LogP contribution is -2.62. The van der Waals surface area contributed by atoms with E-state index >= 15 is 0 Å². The Labute approximate surface area is 148 Å². The minimum atomic E-state index is -4.62. The molecular weight excluding hydrogens is 335 g/mol. The fourth-order valence-corrected chi connectivity index (χ4v) is 2.51. The number of nitrogens with two attached hydrogens (primary N) is 1. The number of nitrogens with one attached hydrogen (secondary N) is 2. The topological polar surface area (TPSA) is 84.2 Å². The molecule has 2 amide bonds. The summed E-state index contributed by atoms with van der Waals surface area (Å²) >= 11 is 0. The van der Waals surface area contributed by atoms with Crippen LogP contribution in [0.2, 0.25) is 0 Å². The number of halogens is 3. The first-order chi connectivity index (χ1) is 11.4. The third-order valence-electron chi connectivity index (χ3n) is 3.62. The van der Waals surface area contributed by atoms with Crippen LogP contribution in [-0.2, 0) is 9.59 Å². The van der Waals surface area contributed by atoms with Gasteiger partial charge in [-0.25, -0.2) is 0 Å². The van der Waals surface area contributed by atoms with Gasteiger partial charge in [0.2, 0.25) is 11.8 Å². The van der Waals surface area contributed by atoms with Crippen molar-refractivity contribution in [1.29, 1.82) is 0 Å². The summed E-state index contributed by atoms with van der Waals surface area (Å²) in [5.41, 5.74) is 4.24. The maximum atomic E-state index is 13.4. The van der Waals surface area contributed by atoms with Crippen molar-refractivity contribution in [2.45, 2.75) is 96.4 Å². The Morgan fingerprint density at radius 1 is 1.04 bits per heavy atom. The molecule has 0 aliphatic rings. The van der Waals surface area contributed by atoms with E-state index in [2.05, 4.69) is 17.6 Å². The minimum Gasteiger partial charge on any atom is -0.370 e. The summed E-state index contributed by atoms with van der Waals surface area (Å²) in [5.74, 6) is -1.38. The molecule has 0 heterocycles. The maximum absolute atomic E-state index is 13.4. The molecule has 8 heteroatoms. The highest BCUT2D eigenvalue weighted by Gasteiger charge is 2.47. The van der Waals surface area contributed by atoms with Gasteiger partial charge in [-0.2, -0.15) is 13.2 Å². The average Bonchev–Trinajstić information content (AvgIpc) is 2.41. The SMILES string of the molecule is CCCCCCCC(=O)NC(CC(N)=O)C(NC(C)(C)C)C(F)(F)F. The number of unbranched alkanes of at least 4 members (excludes halogenated alkanes) is 4. The molecule has 0 aromatic carbocycles. The highest BCUT2D eigenvalue weighted by molar-refractivity contribution is 5.79. The summed E-state index contributed by atoms with van der Waals surface area (Å²) in [5, 5.41) is 4.79. The van der Waals surface area contributed by atoms with Gasteiger partial charge in [-0.05, 0) is 27.2 Å². The minimum absolute atomic E-state index is 0.138. The molecule has 4 N–H and O–H groups in total. The molecule has 0 aliphatic carbocycles. The van der Waals surface area contributed by atoms with Gasteiger partial charge in [0.1, 0.15) is 6.04 Å². The van der Waals surface area contributed by atoms with Gasteiger partial charge in [-0.15, -0.1) is 0 Å². The van der Waals surface area contributed by atoms with E-state index in [1.807, 2.05) is 0 Å². The Balaban J connectivity index is 4.94. The molecular formula is C17H32F3N3O2. The molecule has 0 aliphatic heterocycles. The van der Waals surface area contributed by atoms with Crippen LogP contribution in [0.1, 0.15) is 72.6 Å². The van der Waals surface area contributed by atoms with Crippen molar-refractivity contribution in [3.63, 3.8) is 0 Å². The van der Waals surface area contributed by atoms with Gasteiger partial charge < -0.3 is 11.1 Å². The number of amides is 2. The van der Waals surface area contributed by atoms with Crippen molar-refractivity contribution in [2.75, 3.05) is 0 Å². The number of carbonyl (C=O) groups is 2. The number of hydrogen-bond donors (Lipinski definition) is 3. The van der Waals surface area contributed by atoms with Gasteiger partial charge >= 0.3 is 6.18 Å². The largest absolute Gasteiger partial charge is 0.405 e. The lowest BCUT2D eigenvalue weighted by Gasteiger charge is -2.35. The fourth-order valence-electron chi connectivity index (χ4n) is 2.51. The summed E-state index contributed by atoms with van der Waals surface area (Å²) in [7, 11) is 0. The zero-order valence-electron chi connectivity index (χ0n) is 15.6. The van der Waals surface area contributed by atoms with Gasteiger partial charge in [-0.3, -0.25) is 14.9 Å². The van der Waals surface area contributed by atoms with E-state index in [0.717, 1.165) is 25.7 Å². The van der Waals surface area contributed by atoms with Crippen LogP contribution in [0.4, 0.5) is 13.2 Å². The number of alkyl halides is 3. The number of primary amides is 1. The van der Waals surface area contributed by atoms with Crippen LogP contribution in [0.25, 0.3) is 0 Å². The van der Waals surface area contributed by atoms with Gasteiger partial charge in [-0.1, -0.05) is 32.6 Å². The second-order valence-electron chi connectivity index (χ2n) is 7.42. The molecule has 0 fully saturated rings. The van der Waals surface area contributed by atoms with Crippen LogP contribution in [0, 0.1) is 0 Å². The van der Waals surface area contributed by atoms with E-state index in [0.29, 0.717) is 6.42 Å². The molecule has 0 saturated carbocycles.